The van der Waals surface area contributed by atoms with Gasteiger partial charge in [-0.05, 0) is 24.5 Å². The average Bonchev–Trinajstić information content (AvgIpc) is 2.79. The standard InChI is InChI=1S/C13H18N2O3S/c1-2-4-14-12(16)8-15-5-3-10-9(7-15)6-11(19-10)13(17)18/h6H,2-5,7-8H2,1H3,(H,14,16)(H,17,18). The molecule has 0 saturated carbocycles. The normalized spacial score (nSPS) is 15.0. The number of carboxylic acid groups (broad SMARTS) is 1. The van der Waals surface area contributed by atoms with Crippen LogP contribution >= 0.6 is 11.3 Å². The van der Waals surface area contributed by atoms with Gasteiger partial charge in [0.1, 0.15) is 4.88 Å². The molecule has 2 N–H and O–H groups in total. The molecule has 0 spiro atoms. The van der Waals surface area contributed by atoms with Gasteiger partial charge in [0.2, 0.25) is 5.91 Å². The zero-order chi connectivity index (χ0) is 13.8. The minimum atomic E-state index is -0.869. The Kier molecular flexibility index (Phi) is 4.55. The first-order chi connectivity index (χ1) is 9.10. The van der Waals surface area contributed by atoms with Gasteiger partial charge in [0, 0.05) is 24.5 Å². The van der Waals surface area contributed by atoms with E-state index in [1.54, 1.807) is 6.07 Å². The Bertz CT molecular complexity index is 484. The van der Waals surface area contributed by atoms with Crippen LogP contribution in [0.4, 0.5) is 0 Å². The topological polar surface area (TPSA) is 69.6 Å². The molecule has 0 bridgehead atoms. The van der Waals surface area contributed by atoms with Gasteiger partial charge in [-0.15, -0.1) is 11.3 Å². The monoisotopic (exact) mass is 282 g/mol. The summed E-state index contributed by atoms with van der Waals surface area (Å²) in [5, 5.41) is 11.8. The van der Waals surface area contributed by atoms with Crippen LogP contribution in [-0.4, -0.2) is 41.5 Å². The van der Waals surface area contributed by atoms with Crippen molar-refractivity contribution >= 4 is 23.2 Å². The van der Waals surface area contributed by atoms with Crippen molar-refractivity contribution in [2.75, 3.05) is 19.6 Å². The Morgan fingerprint density at radius 3 is 3.00 bits per heavy atom. The van der Waals surface area contributed by atoms with E-state index in [2.05, 4.69) is 10.2 Å². The Balaban J connectivity index is 1.94. The largest absolute Gasteiger partial charge is 0.477 e. The number of carbonyl (C=O) groups excluding carboxylic acids is 1. The van der Waals surface area contributed by atoms with Crippen molar-refractivity contribution in [3.63, 3.8) is 0 Å². The number of aromatic carboxylic acids is 1. The summed E-state index contributed by atoms with van der Waals surface area (Å²) in [5.74, 6) is -0.828. The van der Waals surface area contributed by atoms with E-state index >= 15 is 0 Å². The highest BCUT2D eigenvalue weighted by Crippen LogP contribution is 2.27. The summed E-state index contributed by atoms with van der Waals surface area (Å²) in [6.07, 6.45) is 1.76. The number of nitrogens with one attached hydrogen (secondary N) is 1. The first-order valence-corrected chi connectivity index (χ1v) is 7.25. The van der Waals surface area contributed by atoms with Crippen molar-refractivity contribution in [1.29, 1.82) is 0 Å². The lowest BCUT2D eigenvalue weighted by Crippen LogP contribution is -2.39. The second-order valence-electron chi connectivity index (χ2n) is 4.67. The number of thiophene rings is 1. The molecule has 6 heteroatoms. The molecule has 1 aromatic rings. The molecule has 1 aromatic heterocycles. The molecule has 104 valence electrons. The molecule has 5 nitrogen and oxygen atoms in total. The second kappa shape index (κ2) is 6.16. The second-order valence-corrected chi connectivity index (χ2v) is 5.81. The van der Waals surface area contributed by atoms with E-state index < -0.39 is 5.97 Å². The van der Waals surface area contributed by atoms with Crippen LogP contribution in [0.25, 0.3) is 0 Å². The summed E-state index contributed by atoms with van der Waals surface area (Å²) in [5.41, 5.74) is 1.05. The molecule has 0 radical (unpaired) electrons. The van der Waals surface area contributed by atoms with Crippen LogP contribution in [0.1, 0.15) is 33.5 Å². The Hall–Kier alpha value is -1.40. The van der Waals surface area contributed by atoms with Crippen molar-refractivity contribution in [3.8, 4) is 0 Å². The maximum absolute atomic E-state index is 11.7. The lowest BCUT2D eigenvalue weighted by atomic mass is 10.1. The molecule has 1 amide bonds. The third-order valence-electron chi connectivity index (χ3n) is 3.10. The van der Waals surface area contributed by atoms with Crippen molar-refractivity contribution < 1.29 is 14.7 Å². The van der Waals surface area contributed by atoms with Gasteiger partial charge in [-0.3, -0.25) is 9.69 Å². The van der Waals surface area contributed by atoms with Crippen LogP contribution in [0.15, 0.2) is 6.07 Å². The van der Waals surface area contributed by atoms with Crippen molar-refractivity contribution in [1.82, 2.24) is 10.2 Å². The molecule has 2 heterocycles. The van der Waals surface area contributed by atoms with Gasteiger partial charge in [0.15, 0.2) is 0 Å². The highest BCUT2D eigenvalue weighted by atomic mass is 32.1. The van der Waals surface area contributed by atoms with Gasteiger partial charge in [0.05, 0.1) is 6.54 Å². The van der Waals surface area contributed by atoms with Crippen molar-refractivity contribution in [2.24, 2.45) is 0 Å². The zero-order valence-corrected chi connectivity index (χ0v) is 11.8. The summed E-state index contributed by atoms with van der Waals surface area (Å²) in [4.78, 5) is 26.2. The summed E-state index contributed by atoms with van der Waals surface area (Å²) in [7, 11) is 0. The maximum atomic E-state index is 11.7. The highest BCUT2D eigenvalue weighted by Gasteiger charge is 2.22. The fourth-order valence-electron chi connectivity index (χ4n) is 2.16. The smallest absolute Gasteiger partial charge is 0.345 e. The minimum Gasteiger partial charge on any atom is -0.477 e. The van der Waals surface area contributed by atoms with Crippen LogP contribution in [0.5, 0.6) is 0 Å². The Labute approximate surface area is 116 Å². The van der Waals surface area contributed by atoms with E-state index in [1.165, 1.54) is 11.3 Å². The fraction of sp³-hybridized carbons (Fsp3) is 0.538. The molecule has 2 rings (SSSR count). The molecule has 1 aliphatic heterocycles. The van der Waals surface area contributed by atoms with Crippen LogP contribution in [0, 0.1) is 0 Å². The number of hydrogen-bond acceptors (Lipinski definition) is 4. The number of carbonyl (C=O) groups is 2. The third kappa shape index (κ3) is 3.54. The molecule has 1 aliphatic rings. The van der Waals surface area contributed by atoms with E-state index in [4.69, 9.17) is 5.11 Å². The quantitative estimate of drug-likeness (QED) is 0.855. The first-order valence-electron chi connectivity index (χ1n) is 6.44. The average molecular weight is 282 g/mol. The van der Waals surface area contributed by atoms with Gasteiger partial charge in [-0.1, -0.05) is 6.92 Å². The summed E-state index contributed by atoms with van der Waals surface area (Å²) in [6, 6.07) is 1.73. The molecule has 0 fully saturated rings. The molecule has 0 saturated heterocycles. The molecule has 0 aliphatic carbocycles. The van der Waals surface area contributed by atoms with E-state index in [0.29, 0.717) is 24.5 Å². The Morgan fingerprint density at radius 1 is 1.53 bits per heavy atom. The van der Waals surface area contributed by atoms with Gasteiger partial charge in [-0.2, -0.15) is 0 Å². The zero-order valence-electron chi connectivity index (χ0n) is 10.9. The van der Waals surface area contributed by atoms with Crippen LogP contribution in [0.2, 0.25) is 0 Å². The highest BCUT2D eigenvalue weighted by molar-refractivity contribution is 7.14. The summed E-state index contributed by atoms with van der Waals surface area (Å²) in [6.45, 7) is 4.59. The van der Waals surface area contributed by atoms with Crippen LogP contribution < -0.4 is 5.32 Å². The predicted molar refractivity (Wildman–Crippen MR) is 73.6 cm³/mol. The lowest BCUT2D eigenvalue weighted by molar-refractivity contribution is -0.122. The first kappa shape index (κ1) is 14.0. The molecule has 19 heavy (non-hydrogen) atoms. The lowest BCUT2D eigenvalue weighted by Gasteiger charge is -2.25. The number of amides is 1. The number of carboxylic acids is 1. The van der Waals surface area contributed by atoms with E-state index in [9.17, 15) is 9.59 Å². The van der Waals surface area contributed by atoms with Crippen molar-refractivity contribution in [2.45, 2.75) is 26.3 Å². The Morgan fingerprint density at radius 2 is 2.32 bits per heavy atom. The number of nitrogens with zero attached hydrogens (tertiary/aromatic N) is 1. The fourth-order valence-corrected chi connectivity index (χ4v) is 3.16. The van der Waals surface area contributed by atoms with Gasteiger partial charge < -0.3 is 10.4 Å². The van der Waals surface area contributed by atoms with Crippen LogP contribution in [-0.2, 0) is 17.8 Å². The molecular weight excluding hydrogens is 264 g/mol. The molecule has 0 unspecified atom stereocenters. The minimum absolute atomic E-state index is 0.0407. The number of rotatable bonds is 5. The number of fused-ring (bicyclic) bond motifs is 1. The predicted octanol–water partition coefficient (Wildman–Crippen LogP) is 1.33. The molecule has 0 aromatic carbocycles. The van der Waals surface area contributed by atoms with Gasteiger partial charge in [0.25, 0.3) is 0 Å². The van der Waals surface area contributed by atoms with E-state index in [-0.39, 0.29) is 5.91 Å². The molecule has 0 atom stereocenters. The third-order valence-corrected chi connectivity index (χ3v) is 4.32. The van der Waals surface area contributed by atoms with Crippen molar-refractivity contribution in [3.05, 3.63) is 21.4 Å². The maximum Gasteiger partial charge on any atom is 0.345 e. The van der Waals surface area contributed by atoms with E-state index in [1.807, 2.05) is 6.92 Å². The van der Waals surface area contributed by atoms with E-state index in [0.717, 1.165) is 29.8 Å². The number of hydrogen-bond donors (Lipinski definition) is 2. The van der Waals surface area contributed by atoms with Crippen LogP contribution in [0.3, 0.4) is 0 Å². The van der Waals surface area contributed by atoms with Gasteiger partial charge in [-0.25, -0.2) is 4.79 Å². The van der Waals surface area contributed by atoms with Gasteiger partial charge >= 0.3 is 5.97 Å². The SMILES string of the molecule is CCCNC(=O)CN1CCc2sc(C(=O)O)cc2C1. The summed E-state index contributed by atoms with van der Waals surface area (Å²) >= 11 is 1.35. The molecular formula is C13H18N2O3S. The summed E-state index contributed by atoms with van der Waals surface area (Å²) < 4.78 is 0.